The van der Waals surface area contributed by atoms with Gasteiger partial charge in [-0.2, -0.15) is 0 Å². The van der Waals surface area contributed by atoms with Crippen LogP contribution < -0.4 is 31.7 Å². The number of ether oxygens (including phenoxy) is 2. The van der Waals surface area contributed by atoms with Gasteiger partial charge < -0.3 is 36.5 Å². The Balaban J connectivity index is 1.54. The van der Waals surface area contributed by atoms with Crippen molar-refractivity contribution in [3.8, 4) is 5.75 Å². The number of rotatable bonds is 19. The van der Waals surface area contributed by atoms with E-state index in [-0.39, 0.29) is 49.3 Å². The first-order valence-electron chi connectivity index (χ1n) is 15.7. The molecule has 0 spiro atoms. The molecule has 51 heavy (non-hydrogen) atoms. The number of nitrogens with one attached hydrogen (secondary N) is 4. The van der Waals surface area contributed by atoms with Crippen molar-refractivity contribution in [1.82, 2.24) is 20.9 Å². The molecule has 5 amide bonds. The number of pyridine rings is 1. The first-order chi connectivity index (χ1) is 24.4. The number of primary amides is 1. The van der Waals surface area contributed by atoms with Gasteiger partial charge in [0.05, 0.1) is 4.92 Å². The predicted molar refractivity (Wildman–Crippen MR) is 192 cm³/mol. The average molecular weight is 742 g/mol. The number of nitrogens with zero attached hydrogens (tertiary/aromatic N) is 2. The molecule has 0 aliphatic carbocycles. The molecule has 2 aromatic carbocycles. The molecule has 0 saturated carbocycles. The van der Waals surface area contributed by atoms with Crippen LogP contribution in [0.3, 0.4) is 0 Å². The number of amides is 5. The number of anilines is 1. The molecule has 3 aromatic rings. The van der Waals surface area contributed by atoms with Gasteiger partial charge in [0.2, 0.25) is 17.7 Å². The number of nitro benzene ring substituents is 1. The third-order valence-corrected chi connectivity index (χ3v) is 9.16. The Labute approximate surface area is 301 Å². The van der Waals surface area contributed by atoms with E-state index in [2.05, 4.69) is 26.3 Å². The summed E-state index contributed by atoms with van der Waals surface area (Å²) in [4.78, 5) is 77.0. The lowest BCUT2D eigenvalue weighted by Crippen LogP contribution is -2.54. The van der Waals surface area contributed by atoms with Crippen LogP contribution in [-0.2, 0) is 25.7 Å². The molecule has 0 saturated heterocycles. The minimum atomic E-state index is -1.02. The second-order valence-electron chi connectivity index (χ2n) is 11.2. The molecular formula is C33H39N7O9S2. The molecule has 18 heteroatoms. The first kappa shape index (κ1) is 40.1. The highest BCUT2D eigenvalue weighted by Crippen LogP contribution is 2.29. The zero-order chi connectivity index (χ0) is 37.2. The number of urea groups is 1. The summed E-state index contributed by atoms with van der Waals surface area (Å²) in [5.74, 6) is -1.10. The van der Waals surface area contributed by atoms with Crippen molar-refractivity contribution in [2.45, 2.75) is 56.8 Å². The number of non-ortho nitro benzene ring substituents is 1. The standard InChI is InChI=1S/C33H39N7O9S2/c1-21(2)29(39-27(41)16-19-50-51-28-7-3-4-17-35-28)31(43)38-26(6-5-18-36-32(34)44)30(42)37-23-10-8-22(9-11-23)20-48-33(45)49-25-14-12-24(13-15-25)40(46)47/h3-4,7-15,17,21,26,29H,5-6,16,18-20H2,1-2H3,(H,37,42)(H,38,43)(H,39,41)(H3,34,36,44)/t26-,29-/m0/s1. The molecule has 3 rings (SSSR count). The van der Waals surface area contributed by atoms with E-state index < -0.39 is 41.0 Å². The maximum atomic E-state index is 13.4. The van der Waals surface area contributed by atoms with Crippen molar-refractivity contribution >= 4 is 62.9 Å². The normalized spacial score (nSPS) is 11.8. The summed E-state index contributed by atoms with van der Waals surface area (Å²) in [5, 5.41) is 22.3. The van der Waals surface area contributed by atoms with Crippen LogP contribution in [0.5, 0.6) is 5.75 Å². The Morgan fingerprint density at radius 1 is 0.961 bits per heavy atom. The monoisotopic (exact) mass is 741 g/mol. The second kappa shape index (κ2) is 21.0. The van der Waals surface area contributed by atoms with Gasteiger partial charge in [-0.05, 0) is 71.5 Å². The van der Waals surface area contributed by atoms with Crippen LogP contribution in [0, 0.1) is 16.0 Å². The van der Waals surface area contributed by atoms with Crippen molar-refractivity contribution in [2.75, 3.05) is 17.6 Å². The minimum Gasteiger partial charge on any atom is -0.429 e. The van der Waals surface area contributed by atoms with Gasteiger partial charge in [0.1, 0.15) is 29.5 Å². The highest BCUT2D eigenvalue weighted by molar-refractivity contribution is 8.76. The van der Waals surface area contributed by atoms with E-state index in [9.17, 15) is 34.1 Å². The van der Waals surface area contributed by atoms with E-state index in [1.807, 2.05) is 18.2 Å². The maximum absolute atomic E-state index is 13.4. The van der Waals surface area contributed by atoms with Gasteiger partial charge in [-0.1, -0.05) is 42.8 Å². The Morgan fingerprint density at radius 2 is 1.69 bits per heavy atom. The number of nitrogens with two attached hydrogens (primary N) is 1. The molecule has 16 nitrogen and oxygen atoms in total. The average Bonchev–Trinajstić information content (AvgIpc) is 3.10. The third-order valence-electron chi connectivity index (χ3n) is 6.89. The third kappa shape index (κ3) is 15.0. The molecule has 272 valence electrons. The van der Waals surface area contributed by atoms with E-state index in [1.165, 1.54) is 45.9 Å². The Bertz CT molecular complexity index is 1630. The summed E-state index contributed by atoms with van der Waals surface area (Å²) in [5.41, 5.74) is 5.95. The fourth-order valence-corrected chi connectivity index (χ4v) is 6.15. The molecule has 6 N–H and O–H groups in total. The molecule has 0 unspecified atom stereocenters. The molecule has 0 bridgehead atoms. The van der Waals surface area contributed by atoms with Crippen molar-refractivity contribution < 1.29 is 38.4 Å². The molecule has 0 radical (unpaired) electrons. The Hall–Kier alpha value is -5.36. The predicted octanol–water partition coefficient (Wildman–Crippen LogP) is 4.55. The van der Waals surface area contributed by atoms with E-state index in [1.54, 1.807) is 44.3 Å². The van der Waals surface area contributed by atoms with Gasteiger partial charge in [-0.25, -0.2) is 14.6 Å². The summed E-state index contributed by atoms with van der Waals surface area (Å²) < 4.78 is 10.1. The topological polar surface area (TPSA) is 234 Å². The quantitative estimate of drug-likeness (QED) is 0.0284. The van der Waals surface area contributed by atoms with E-state index in [0.29, 0.717) is 23.4 Å². The number of hydrogen-bond donors (Lipinski definition) is 5. The van der Waals surface area contributed by atoms with Crippen LogP contribution >= 0.6 is 21.6 Å². The number of benzene rings is 2. The Kier molecular flexibility index (Phi) is 16.5. The number of aromatic nitrogens is 1. The van der Waals surface area contributed by atoms with Crippen molar-refractivity contribution in [1.29, 1.82) is 0 Å². The van der Waals surface area contributed by atoms with Crippen LogP contribution in [0.2, 0.25) is 0 Å². The summed E-state index contributed by atoms with van der Waals surface area (Å²) in [6, 6.07) is 14.2. The van der Waals surface area contributed by atoms with Crippen molar-refractivity contribution in [2.24, 2.45) is 11.7 Å². The zero-order valence-corrected chi connectivity index (χ0v) is 29.5. The lowest BCUT2D eigenvalue weighted by molar-refractivity contribution is -0.384. The van der Waals surface area contributed by atoms with Gasteiger partial charge >= 0.3 is 12.2 Å². The molecule has 0 fully saturated rings. The Morgan fingerprint density at radius 3 is 2.31 bits per heavy atom. The van der Waals surface area contributed by atoms with Gasteiger partial charge in [0.25, 0.3) is 5.69 Å². The fraction of sp³-hybridized carbons (Fsp3) is 0.333. The van der Waals surface area contributed by atoms with Gasteiger partial charge in [-0.15, -0.1) is 0 Å². The molecular weight excluding hydrogens is 703 g/mol. The first-order valence-corrected chi connectivity index (χ1v) is 18.1. The lowest BCUT2D eigenvalue weighted by atomic mass is 10.0. The fourth-order valence-electron chi connectivity index (χ4n) is 4.28. The zero-order valence-electron chi connectivity index (χ0n) is 27.9. The van der Waals surface area contributed by atoms with Gasteiger partial charge in [0, 0.05) is 42.7 Å². The van der Waals surface area contributed by atoms with Gasteiger partial charge in [0.15, 0.2) is 0 Å². The number of carbonyl (C=O) groups is 5. The van der Waals surface area contributed by atoms with Crippen molar-refractivity contribution in [3.05, 3.63) is 88.6 Å². The minimum absolute atomic E-state index is 0.0728. The summed E-state index contributed by atoms with van der Waals surface area (Å²) >= 11 is 0. The largest absolute Gasteiger partial charge is 0.514 e. The summed E-state index contributed by atoms with van der Waals surface area (Å²) in [6.45, 7) is 3.58. The molecule has 0 aliphatic rings. The number of nitro groups is 1. The number of carbonyl (C=O) groups excluding carboxylic acids is 5. The SMILES string of the molecule is CC(C)[C@H](NC(=O)CCSSc1ccccn1)C(=O)N[C@@H](CCCNC(N)=O)C(=O)Nc1ccc(COC(=O)Oc2ccc([N+](=O)[O-])cc2)cc1. The highest BCUT2D eigenvalue weighted by Gasteiger charge is 2.29. The molecule has 1 heterocycles. The lowest BCUT2D eigenvalue weighted by Gasteiger charge is -2.25. The van der Waals surface area contributed by atoms with Crippen LogP contribution in [0.15, 0.2) is 78.0 Å². The molecule has 0 aliphatic heterocycles. The highest BCUT2D eigenvalue weighted by atomic mass is 33.1. The van der Waals surface area contributed by atoms with Crippen LogP contribution in [0.1, 0.15) is 38.7 Å². The van der Waals surface area contributed by atoms with E-state index in [4.69, 9.17) is 15.2 Å². The van der Waals surface area contributed by atoms with Crippen LogP contribution in [0.4, 0.5) is 21.0 Å². The molecule has 2 atom stereocenters. The smallest absolute Gasteiger partial charge is 0.429 e. The van der Waals surface area contributed by atoms with Gasteiger partial charge in [-0.3, -0.25) is 24.5 Å². The molecule has 1 aromatic heterocycles. The maximum Gasteiger partial charge on any atom is 0.514 e. The van der Waals surface area contributed by atoms with E-state index >= 15 is 0 Å². The van der Waals surface area contributed by atoms with Crippen LogP contribution in [0.25, 0.3) is 0 Å². The van der Waals surface area contributed by atoms with Crippen LogP contribution in [-0.4, -0.2) is 64.2 Å². The number of hydrogen-bond acceptors (Lipinski definition) is 12. The van der Waals surface area contributed by atoms with Crippen molar-refractivity contribution in [3.63, 3.8) is 0 Å². The summed E-state index contributed by atoms with van der Waals surface area (Å²) in [7, 11) is 2.92. The second-order valence-corrected chi connectivity index (χ2v) is 13.6. The van der Waals surface area contributed by atoms with E-state index in [0.717, 1.165) is 5.03 Å². The summed E-state index contributed by atoms with van der Waals surface area (Å²) in [6.07, 6.45) is 1.32.